The average Bonchev–Trinajstić information content (AvgIpc) is 2.63. The molecule has 1 aliphatic rings. The third-order valence-corrected chi connectivity index (χ3v) is 2.60. The van der Waals surface area contributed by atoms with Gasteiger partial charge in [0.15, 0.2) is 0 Å². The first-order valence-corrected chi connectivity index (χ1v) is 5.08. The van der Waals surface area contributed by atoms with E-state index in [4.69, 9.17) is 0 Å². The van der Waals surface area contributed by atoms with Gasteiger partial charge in [0.1, 0.15) is 6.04 Å². The van der Waals surface area contributed by atoms with E-state index in [2.05, 4.69) is 0 Å². The van der Waals surface area contributed by atoms with Crippen LogP contribution in [0.15, 0.2) is 0 Å². The Balaban J connectivity index is 2.68. The molecule has 1 rings (SSSR count). The topological polar surface area (TPSA) is 40.6 Å². The zero-order valence-electron chi connectivity index (χ0n) is 9.12. The van der Waals surface area contributed by atoms with Crippen molar-refractivity contribution in [2.24, 2.45) is 0 Å². The van der Waals surface area contributed by atoms with Crippen LogP contribution in [0, 0.1) is 0 Å². The molecule has 80 valence electrons. The molecular formula is C10H18N2O2. The summed E-state index contributed by atoms with van der Waals surface area (Å²) in [6, 6.07) is -0.211. The van der Waals surface area contributed by atoms with Crippen molar-refractivity contribution in [2.45, 2.75) is 32.2 Å². The van der Waals surface area contributed by atoms with Gasteiger partial charge in [-0.15, -0.1) is 0 Å². The molecule has 0 aliphatic carbocycles. The van der Waals surface area contributed by atoms with Crippen LogP contribution in [0.5, 0.6) is 0 Å². The van der Waals surface area contributed by atoms with Crippen molar-refractivity contribution >= 4 is 11.8 Å². The molecule has 1 fully saturated rings. The largest absolute Gasteiger partial charge is 0.347 e. The molecule has 1 heterocycles. The van der Waals surface area contributed by atoms with E-state index in [-0.39, 0.29) is 17.9 Å². The van der Waals surface area contributed by atoms with E-state index in [9.17, 15) is 9.59 Å². The number of carbonyl (C=O) groups excluding carboxylic acids is 2. The standard InChI is InChI=1S/C10H18N2O2/c1-4-9(13)12-7-5-6-8(12)10(14)11(2)3/h8H,4-7H2,1-3H3. The second-order valence-electron chi connectivity index (χ2n) is 3.83. The van der Waals surface area contributed by atoms with Gasteiger partial charge in [0.25, 0.3) is 0 Å². The minimum Gasteiger partial charge on any atom is -0.347 e. The summed E-state index contributed by atoms with van der Waals surface area (Å²) < 4.78 is 0. The van der Waals surface area contributed by atoms with Gasteiger partial charge in [-0.1, -0.05) is 6.92 Å². The van der Waals surface area contributed by atoms with Crippen molar-refractivity contribution in [3.8, 4) is 0 Å². The van der Waals surface area contributed by atoms with Gasteiger partial charge in [-0.2, -0.15) is 0 Å². The van der Waals surface area contributed by atoms with Crippen molar-refractivity contribution in [3.05, 3.63) is 0 Å². The van der Waals surface area contributed by atoms with Crippen LogP contribution >= 0.6 is 0 Å². The molecule has 1 aliphatic heterocycles. The maximum absolute atomic E-state index is 11.7. The lowest BCUT2D eigenvalue weighted by atomic mass is 10.2. The van der Waals surface area contributed by atoms with E-state index in [1.165, 1.54) is 0 Å². The predicted octanol–water partition coefficient (Wildman–Crippen LogP) is 0.476. The minimum atomic E-state index is -0.211. The lowest BCUT2D eigenvalue weighted by Gasteiger charge is -2.25. The first-order valence-electron chi connectivity index (χ1n) is 5.08. The van der Waals surface area contributed by atoms with Gasteiger partial charge in [0, 0.05) is 27.1 Å². The van der Waals surface area contributed by atoms with Crippen molar-refractivity contribution in [1.29, 1.82) is 0 Å². The van der Waals surface area contributed by atoms with Gasteiger partial charge < -0.3 is 9.80 Å². The molecule has 1 unspecified atom stereocenters. The van der Waals surface area contributed by atoms with E-state index >= 15 is 0 Å². The van der Waals surface area contributed by atoms with Crippen molar-refractivity contribution in [3.63, 3.8) is 0 Å². The Morgan fingerprint density at radius 3 is 2.57 bits per heavy atom. The fraction of sp³-hybridized carbons (Fsp3) is 0.800. The van der Waals surface area contributed by atoms with Crippen LogP contribution in [0.4, 0.5) is 0 Å². The van der Waals surface area contributed by atoms with Crippen LogP contribution < -0.4 is 0 Å². The van der Waals surface area contributed by atoms with Gasteiger partial charge in [-0.05, 0) is 12.8 Å². The normalized spacial score (nSPS) is 21.1. The maximum atomic E-state index is 11.7. The van der Waals surface area contributed by atoms with E-state index in [0.717, 1.165) is 19.4 Å². The van der Waals surface area contributed by atoms with E-state index < -0.39 is 0 Å². The molecule has 14 heavy (non-hydrogen) atoms. The summed E-state index contributed by atoms with van der Waals surface area (Å²) in [6.07, 6.45) is 2.23. The lowest BCUT2D eigenvalue weighted by molar-refractivity contribution is -0.142. The smallest absolute Gasteiger partial charge is 0.244 e. The Morgan fingerprint density at radius 2 is 2.07 bits per heavy atom. The number of hydrogen-bond acceptors (Lipinski definition) is 2. The number of rotatable bonds is 2. The molecule has 0 N–H and O–H groups in total. The second-order valence-corrected chi connectivity index (χ2v) is 3.83. The Labute approximate surface area is 84.9 Å². The highest BCUT2D eigenvalue weighted by molar-refractivity contribution is 5.87. The van der Waals surface area contributed by atoms with Gasteiger partial charge in [0.2, 0.25) is 11.8 Å². The summed E-state index contributed by atoms with van der Waals surface area (Å²) >= 11 is 0. The highest BCUT2D eigenvalue weighted by Crippen LogP contribution is 2.19. The zero-order chi connectivity index (χ0) is 10.7. The van der Waals surface area contributed by atoms with Gasteiger partial charge in [-0.3, -0.25) is 9.59 Å². The molecule has 0 spiro atoms. The van der Waals surface area contributed by atoms with Crippen LogP contribution in [0.25, 0.3) is 0 Å². The van der Waals surface area contributed by atoms with E-state index in [0.29, 0.717) is 6.42 Å². The van der Waals surface area contributed by atoms with Crippen molar-refractivity contribution in [2.75, 3.05) is 20.6 Å². The van der Waals surface area contributed by atoms with Crippen LogP contribution in [-0.2, 0) is 9.59 Å². The number of nitrogens with zero attached hydrogens (tertiary/aromatic N) is 2. The molecular weight excluding hydrogens is 180 g/mol. The predicted molar refractivity (Wildman–Crippen MR) is 53.7 cm³/mol. The molecule has 0 aromatic carbocycles. The number of likely N-dealkylation sites (N-methyl/N-ethyl adjacent to an activating group) is 1. The van der Waals surface area contributed by atoms with Crippen LogP contribution in [-0.4, -0.2) is 48.3 Å². The highest BCUT2D eigenvalue weighted by atomic mass is 16.2. The Morgan fingerprint density at radius 1 is 1.43 bits per heavy atom. The summed E-state index contributed by atoms with van der Waals surface area (Å²) in [5, 5.41) is 0. The maximum Gasteiger partial charge on any atom is 0.244 e. The molecule has 0 aromatic rings. The number of amides is 2. The number of likely N-dealkylation sites (tertiary alicyclic amines) is 1. The SMILES string of the molecule is CCC(=O)N1CCCC1C(=O)N(C)C. The van der Waals surface area contributed by atoms with Gasteiger partial charge in [0.05, 0.1) is 0 Å². The summed E-state index contributed by atoms with van der Waals surface area (Å²) in [5.41, 5.74) is 0. The average molecular weight is 198 g/mol. The van der Waals surface area contributed by atoms with E-state index in [1.807, 2.05) is 6.92 Å². The number of hydrogen-bond donors (Lipinski definition) is 0. The van der Waals surface area contributed by atoms with Gasteiger partial charge >= 0.3 is 0 Å². The molecule has 4 nitrogen and oxygen atoms in total. The van der Waals surface area contributed by atoms with Crippen LogP contribution in [0.2, 0.25) is 0 Å². The molecule has 0 saturated carbocycles. The first kappa shape index (κ1) is 11.0. The third-order valence-electron chi connectivity index (χ3n) is 2.60. The summed E-state index contributed by atoms with van der Waals surface area (Å²) in [5.74, 6) is 0.131. The van der Waals surface area contributed by atoms with Crippen molar-refractivity contribution in [1.82, 2.24) is 9.80 Å². The molecule has 4 heteroatoms. The summed E-state index contributed by atoms with van der Waals surface area (Å²) in [4.78, 5) is 26.5. The zero-order valence-corrected chi connectivity index (χ0v) is 9.12. The first-order chi connectivity index (χ1) is 6.57. The Bertz CT molecular complexity index is 238. The summed E-state index contributed by atoms with van der Waals surface area (Å²) in [7, 11) is 3.46. The van der Waals surface area contributed by atoms with Crippen molar-refractivity contribution < 1.29 is 9.59 Å². The molecule has 0 aromatic heterocycles. The van der Waals surface area contributed by atoms with Gasteiger partial charge in [-0.25, -0.2) is 0 Å². The Hall–Kier alpha value is -1.06. The summed E-state index contributed by atoms with van der Waals surface area (Å²) in [6.45, 7) is 2.56. The molecule has 0 radical (unpaired) electrons. The number of carbonyl (C=O) groups is 2. The molecule has 1 atom stereocenters. The minimum absolute atomic E-state index is 0.0456. The monoisotopic (exact) mass is 198 g/mol. The van der Waals surface area contributed by atoms with Crippen LogP contribution in [0.3, 0.4) is 0 Å². The quantitative estimate of drug-likeness (QED) is 0.647. The fourth-order valence-electron chi connectivity index (χ4n) is 1.82. The third kappa shape index (κ3) is 2.05. The van der Waals surface area contributed by atoms with E-state index in [1.54, 1.807) is 23.9 Å². The lowest BCUT2D eigenvalue weighted by Crippen LogP contribution is -2.45. The molecule has 1 saturated heterocycles. The highest BCUT2D eigenvalue weighted by Gasteiger charge is 2.33. The fourth-order valence-corrected chi connectivity index (χ4v) is 1.82. The molecule has 0 bridgehead atoms. The Kier molecular flexibility index (Phi) is 3.49. The van der Waals surface area contributed by atoms with Crippen LogP contribution in [0.1, 0.15) is 26.2 Å². The second kappa shape index (κ2) is 4.44. The molecule has 2 amide bonds.